The van der Waals surface area contributed by atoms with E-state index in [-0.39, 0.29) is 18.9 Å². The van der Waals surface area contributed by atoms with Crippen LogP contribution in [0.1, 0.15) is 52.9 Å². The minimum atomic E-state index is 0. The molecule has 0 aromatic carbocycles. The summed E-state index contributed by atoms with van der Waals surface area (Å²) in [6.07, 6.45) is 9.06. The van der Waals surface area contributed by atoms with Crippen molar-refractivity contribution in [2.75, 3.05) is 13.2 Å². The quantitative estimate of drug-likeness (QED) is 0.396. The van der Waals surface area contributed by atoms with Crippen molar-refractivity contribution in [2.45, 2.75) is 52.9 Å². The van der Waals surface area contributed by atoms with Crippen molar-refractivity contribution in [2.24, 2.45) is 0 Å². The Hall–Kier alpha value is 0.0974. The van der Waals surface area contributed by atoms with Crippen LogP contribution in [0.25, 0.3) is 0 Å². The van der Waals surface area contributed by atoms with E-state index in [1.807, 2.05) is 13.8 Å². The van der Waals surface area contributed by atoms with Crippen molar-refractivity contribution in [3.05, 3.63) is 12.3 Å². The summed E-state index contributed by atoms with van der Waals surface area (Å²) < 4.78 is 4.83. The molecule has 0 saturated heterocycles. The molecule has 15 heavy (non-hydrogen) atoms. The number of ether oxygens (including phenoxy) is 1. The monoisotopic (exact) mass is 210 g/mol. The van der Waals surface area contributed by atoms with Gasteiger partial charge in [0.05, 0.1) is 6.26 Å². The normalized spacial score (nSPS) is 9.27. The van der Waals surface area contributed by atoms with Gasteiger partial charge < -0.3 is 9.84 Å². The molecule has 0 aliphatic heterocycles. The second kappa shape index (κ2) is 23.7. The first-order valence-electron chi connectivity index (χ1n) is 5.70. The zero-order valence-electron chi connectivity index (χ0n) is 9.96. The molecule has 0 aliphatic rings. The van der Waals surface area contributed by atoms with E-state index >= 15 is 0 Å². The van der Waals surface area contributed by atoms with E-state index in [1.165, 1.54) is 25.7 Å². The van der Waals surface area contributed by atoms with E-state index in [2.05, 4.69) is 6.92 Å². The molecule has 0 unspecified atom stereocenters. The van der Waals surface area contributed by atoms with E-state index in [4.69, 9.17) is 9.84 Å². The Labute approximate surface area is 107 Å². The van der Waals surface area contributed by atoms with E-state index in [1.54, 1.807) is 6.08 Å². The third kappa shape index (κ3) is 31.5. The molecule has 0 amide bonds. The summed E-state index contributed by atoms with van der Waals surface area (Å²) in [6.45, 7) is 7.86. The molecule has 1 N–H and O–H groups in total. The number of allylic oxidation sites excluding steroid dienone is 1. The average molecular weight is 210 g/mol. The predicted octanol–water partition coefficient (Wildman–Crippen LogP) is 3.42. The van der Waals surface area contributed by atoms with Gasteiger partial charge in [-0.1, -0.05) is 32.3 Å². The Morgan fingerprint density at radius 2 is 1.60 bits per heavy atom. The molecule has 88 valence electrons. The van der Waals surface area contributed by atoms with Crippen LogP contribution >= 0.6 is 0 Å². The van der Waals surface area contributed by atoms with Crippen LogP contribution in [0.4, 0.5) is 0 Å². The van der Waals surface area contributed by atoms with Gasteiger partial charge in [-0.05, 0) is 26.7 Å². The molecule has 0 bridgehead atoms. The minimum absolute atomic E-state index is 0. The molecular formula is C12H27LiO2. The molecular weight excluding hydrogens is 183 g/mol. The molecule has 0 fully saturated rings. The van der Waals surface area contributed by atoms with Gasteiger partial charge in [-0.2, -0.15) is 0 Å². The van der Waals surface area contributed by atoms with Crippen LogP contribution in [0.3, 0.4) is 0 Å². The summed E-state index contributed by atoms with van der Waals surface area (Å²) in [4.78, 5) is 0. The Morgan fingerprint density at radius 3 is 1.93 bits per heavy atom. The van der Waals surface area contributed by atoms with Gasteiger partial charge in [-0.25, -0.2) is 0 Å². The first kappa shape index (κ1) is 20.5. The van der Waals surface area contributed by atoms with E-state index in [9.17, 15) is 0 Å². The molecule has 2 nitrogen and oxygen atoms in total. The number of unbranched alkanes of at least 4 members (excludes halogenated alkanes) is 4. The van der Waals surface area contributed by atoms with Crippen LogP contribution in [0.2, 0.25) is 0 Å². The third-order valence-corrected chi connectivity index (χ3v) is 1.74. The van der Waals surface area contributed by atoms with Gasteiger partial charge in [0.1, 0.15) is 0 Å². The number of aliphatic hydroxyl groups is 1. The summed E-state index contributed by atoms with van der Waals surface area (Å²) >= 11 is 0. The van der Waals surface area contributed by atoms with Gasteiger partial charge in [-0.3, -0.25) is 0 Å². The Kier molecular flexibility index (Phi) is 32.4. The van der Waals surface area contributed by atoms with E-state index in [0.29, 0.717) is 0 Å². The van der Waals surface area contributed by atoms with Crippen LogP contribution in [0.5, 0.6) is 0 Å². The van der Waals surface area contributed by atoms with Gasteiger partial charge in [0.15, 0.2) is 0 Å². The van der Waals surface area contributed by atoms with Crippen molar-refractivity contribution in [1.82, 2.24) is 0 Å². The zero-order chi connectivity index (χ0) is 11.1. The second-order valence-electron chi connectivity index (χ2n) is 3.02. The maximum absolute atomic E-state index is 8.24. The van der Waals surface area contributed by atoms with Crippen molar-refractivity contribution in [3.8, 4) is 0 Å². The van der Waals surface area contributed by atoms with Crippen LogP contribution in [-0.4, -0.2) is 37.2 Å². The first-order valence-corrected chi connectivity index (χ1v) is 5.70. The molecule has 0 aliphatic carbocycles. The fourth-order valence-electron chi connectivity index (χ4n) is 0.968. The molecule has 0 spiro atoms. The number of hydrogen-bond donors (Lipinski definition) is 1. The molecule has 0 aromatic heterocycles. The van der Waals surface area contributed by atoms with Crippen molar-refractivity contribution < 1.29 is 9.84 Å². The average Bonchev–Trinajstić information content (AvgIpc) is 2.20. The standard InChI is InChI=1S/C8H16O.C4H10O.Li.H/c1-2-3-4-5-6-7-8-9;1-3-5-4-2;;/h7-9H,2-6H2,1H3;3-4H2,1-2H3;;/b8-7+;;;. The SMILES string of the molecule is CCCCCC/C=C/O.CCOCC.[LiH]. The fourth-order valence-corrected chi connectivity index (χ4v) is 0.968. The van der Waals surface area contributed by atoms with Gasteiger partial charge in [0.25, 0.3) is 0 Å². The molecule has 3 heteroatoms. The number of hydrogen-bond acceptors (Lipinski definition) is 2. The summed E-state index contributed by atoms with van der Waals surface area (Å²) in [5.74, 6) is 0. The van der Waals surface area contributed by atoms with Crippen molar-refractivity contribution >= 4 is 18.9 Å². The molecule has 0 atom stereocenters. The summed E-state index contributed by atoms with van der Waals surface area (Å²) in [7, 11) is 0. The summed E-state index contributed by atoms with van der Waals surface area (Å²) in [5.41, 5.74) is 0. The molecule has 0 rings (SSSR count). The number of aliphatic hydroxyl groups excluding tert-OH is 1. The Morgan fingerprint density at radius 1 is 1.00 bits per heavy atom. The van der Waals surface area contributed by atoms with Gasteiger partial charge in [0, 0.05) is 13.2 Å². The van der Waals surface area contributed by atoms with Crippen LogP contribution in [0, 0.1) is 0 Å². The molecule has 0 saturated carbocycles. The van der Waals surface area contributed by atoms with Crippen molar-refractivity contribution in [1.29, 1.82) is 0 Å². The zero-order valence-corrected chi connectivity index (χ0v) is 9.96. The summed E-state index contributed by atoms with van der Waals surface area (Å²) in [6, 6.07) is 0. The Bertz CT molecular complexity index is 104. The first-order chi connectivity index (χ1) is 6.83. The van der Waals surface area contributed by atoms with Gasteiger partial charge >= 0.3 is 18.9 Å². The fraction of sp³-hybridized carbons (Fsp3) is 0.833. The Balaban J connectivity index is -0.000000208. The second-order valence-corrected chi connectivity index (χ2v) is 3.02. The molecule has 0 aromatic rings. The van der Waals surface area contributed by atoms with Gasteiger partial charge in [0.2, 0.25) is 0 Å². The topological polar surface area (TPSA) is 29.5 Å². The van der Waals surface area contributed by atoms with Gasteiger partial charge in [-0.15, -0.1) is 0 Å². The summed E-state index contributed by atoms with van der Waals surface area (Å²) in [5, 5.41) is 8.24. The van der Waals surface area contributed by atoms with E-state index < -0.39 is 0 Å². The van der Waals surface area contributed by atoms with Crippen LogP contribution in [-0.2, 0) is 4.74 Å². The third-order valence-electron chi connectivity index (χ3n) is 1.74. The van der Waals surface area contributed by atoms with E-state index in [0.717, 1.165) is 25.9 Å². The van der Waals surface area contributed by atoms with Crippen LogP contribution in [0.15, 0.2) is 12.3 Å². The van der Waals surface area contributed by atoms with Crippen LogP contribution < -0.4 is 0 Å². The van der Waals surface area contributed by atoms with Crippen molar-refractivity contribution in [3.63, 3.8) is 0 Å². The predicted molar refractivity (Wildman–Crippen MR) is 69.8 cm³/mol. The number of rotatable bonds is 7. The maximum atomic E-state index is 8.24. The molecule has 0 heterocycles. The molecule has 0 radical (unpaired) electrons.